The number of carbonyl (C=O) groups excluding carboxylic acids is 4. The van der Waals surface area contributed by atoms with Crippen LogP contribution >= 0.6 is 0 Å². The zero-order chi connectivity index (χ0) is 42.2. The van der Waals surface area contributed by atoms with Crippen LogP contribution in [0, 0.1) is 11.8 Å². The first-order valence-corrected chi connectivity index (χ1v) is 21.4. The third-order valence-electron chi connectivity index (χ3n) is 12.7. The van der Waals surface area contributed by atoms with Gasteiger partial charge in [-0.2, -0.15) is 0 Å². The zero-order valence-electron chi connectivity index (χ0n) is 35.4. The van der Waals surface area contributed by atoms with Crippen LogP contribution in [0.15, 0.2) is 48.7 Å². The van der Waals surface area contributed by atoms with E-state index in [0.29, 0.717) is 13.1 Å². The van der Waals surface area contributed by atoms with Gasteiger partial charge in [-0.1, -0.05) is 58.0 Å². The van der Waals surface area contributed by atoms with Crippen LogP contribution < -0.4 is 10.6 Å². The Kier molecular flexibility index (Phi) is 11.6. The molecule has 3 aliphatic rings. The minimum absolute atomic E-state index is 0.105. The molecule has 0 unspecified atom stereocenters. The molecular weight excluding hydrogens is 761 g/mol. The highest BCUT2D eigenvalue weighted by molar-refractivity contribution is 6.05. The van der Waals surface area contributed by atoms with Crippen LogP contribution in [0.3, 0.4) is 0 Å². The highest BCUT2D eigenvalue weighted by Crippen LogP contribution is 2.41. The van der Waals surface area contributed by atoms with Crippen LogP contribution in [0.2, 0.25) is 0 Å². The average molecular weight is 817 g/mol. The van der Waals surface area contributed by atoms with E-state index in [-0.39, 0.29) is 35.7 Å². The van der Waals surface area contributed by atoms with Crippen molar-refractivity contribution >= 4 is 45.8 Å². The fourth-order valence-electron chi connectivity index (χ4n) is 9.57. The van der Waals surface area contributed by atoms with Crippen LogP contribution in [-0.4, -0.2) is 93.1 Å². The van der Waals surface area contributed by atoms with Gasteiger partial charge in [0.05, 0.1) is 49.2 Å². The predicted octanol–water partition coefficient (Wildman–Crippen LogP) is 7.74. The van der Waals surface area contributed by atoms with Gasteiger partial charge in [0, 0.05) is 24.0 Å². The van der Waals surface area contributed by atoms with Gasteiger partial charge >= 0.3 is 12.2 Å². The number of aromatic amines is 2. The molecule has 5 aromatic rings. The number of alkyl carbamates (subject to hydrolysis) is 2. The van der Waals surface area contributed by atoms with E-state index in [9.17, 15) is 19.2 Å². The molecule has 2 aromatic heterocycles. The van der Waals surface area contributed by atoms with Crippen molar-refractivity contribution in [3.05, 3.63) is 71.4 Å². The van der Waals surface area contributed by atoms with E-state index in [2.05, 4.69) is 63.1 Å². The fourth-order valence-corrected chi connectivity index (χ4v) is 9.57. The van der Waals surface area contributed by atoms with E-state index in [1.54, 1.807) is 0 Å². The monoisotopic (exact) mass is 816 g/mol. The molecule has 2 aliphatic heterocycles. The van der Waals surface area contributed by atoms with Crippen molar-refractivity contribution in [3.8, 4) is 22.4 Å². The van der Waals surface area contributed by atoms with E-state index in [0.717, 1.165) is 102 Å². The van der Waals surface area contributed by atoms with Gasteiger partial charge in [-0.15, -0.1) is 0 Å². The second kappa shape index (κ2) is 17.0. The number of methoxy groups -OCH3 is 2. The number of nitrogens with one attached hydrogen (secondary N) is 4. The first-order valence-electron chi connectivity index (χ1n) is 21.4. The van der Waals surface area contributed by atoms with Gasteiger partial charge in [0.15, 0.2) is 0 Å². The number of aromatic nitrogens is 4. The summed E-state index contributed by atoms with van der Waals surface area (Å²) in [6.07, 6.45) is 8.13. The molecule has 14 nitrogen and oxygen atoms in total. The number of H-pyrrole nitrogens is 2. The Hall–Kier alpha value is -5.92. The number of amides is 4. The Morgan fingerprint density at radius 3 is 1.90 bits per heavy atom. The number of hydrogen-bond acceptors (Lipinski definition) is 8. The molecule has 2 fully saturated rings. The smallest absolute Gasteiger partial charge is 0.407 e. The molecule has 4 heterocycles. The molecule has 4 N–H and O–H groups in total. The van der Waals surface area contributed by atoms with E-state index < -0.39 is 24.3 Å². The number of fused-ring (bicyclic) bond motifs is 4. The van der Waals surface area contributed by atoms with Crippen molar-refractivity contribution in [2.45, 2.75) is 103 Å². The average Bonchev–Trinajstić information content (AvgIpc) is 4.09. The summed E-state index contributed by atoms with van der Waals surface area (Å²) >= 11 is 0. The number of carbonyl (C=O) groups is 4. The summed E-state index contributed by atoms with van der Waals surface area (Å²) in [5.74, 6) is 1.04. The number of imidazole rings is 2. The molecule has 8 rings (SSSR count). The van der Waals surface area contributed by atoms with Crippen molar-refractivity contribution in [2.24, 2.45) is 11.8 Å². The Bertz CT molecular complexity index is 2440. The Balaban J connectivity index is 1.06. The lowest BCUT2D eigenvalue weighted by molar-refractivity contribution is -0.136. The molecule has 3 aromatic carbocycles. The maximum atomic E-state index is 13.8. The largest absolute Gasteiger partial charge is 0.453 e. The van der Waals surface area contributed by atoms with Gasteiger partial charge in [-0.05, 0) is 103 Å². The maximum Gasteiger partial charge on any atom is 0.407 e. The van der Waals surface area contributed by atoms with Crippen LogP contribution in [0.4, 0.5) is 9.59 Å². The third-order valence-corrected chi connectivity index (χ3v) is 12.7. The van der Waals surface area contributed by atoms with E-state index in [1.165, 1.54) is 30.9 Å². The number of nitrogens with zero attached hydrogens (tertiary/aromatic N) is 4. The number of hydrogen-bond donors (Lipinski definition) is 4. The minimum Gasteiger partial charge on any atom is -0.453 e. The molecule has 4 amide bonds. The Morgan fingerprint density at radius 1 is 0.717 bits per heavy atom. The summed E-state index contributed by atoms with van der Waals surface area (Å²) in [6.45, 7) is 8.86. The van der Waals surface area contributed by atoms with Crippen LogP contribution in [0.25, 0.3) is 44.2 Å². The summed E-state index contributed by atoms with van der Waals surface area (Å²) in [5.41, 5.74) is 8.94. The number of ether oxygens (including phenoxy) is 2. The predicted molar refractivity (Wildman–Crippen MR) is 229 cm³/mol. The van der Waals surface area contributed by atoms with Gasteiger partial charge in [-0.3, -0.25) is 9.59 Å². The summed E-state index contributed by atoms with van der Waals surface area (Å²) < 4.78 is 9.61. The highest BCUT2D eigenvalue weighted by atomic mass is 16.5. The van der Waals surface area contributed by atoms with Gasteiger partial charge in [0.2, 0.25) is 11.8 Å². The molecule has 316 valence electrons. The molecule has 4 atom stereocenters. The highest BCUT2D eigenvalue weighted by Gasteiger charge is 2.39. The molecule has 0 saturated carbocycles. The quantitative estimate of drug-likeness (QED) is 0.111. The van der Waals surface area contributed by atoms with Gasteiger partial charge in [-0.25, -0.2) is 19.6 Å². The summed E-state index contributed by atoms with van der Waals surface area (Å²) in [7, 11) is 2.60. The molecule has 60 heavy (non-hydrogen) atoms. The molecule has 2 saturated heterocycles. The van der Waals surface area contributed by atoms with Gasteiger partial charge in [0.1, 0.15) is 23.7 Å². The van der Waals surface area contributed by atoms with Crippen molar-refractivity contribution < 1.29 is 28.7 Å². The Morgan fingerprint density at radius 2 is 1.30 bits per heavy atom. The third kappa shape index (κ3) is 7.67. The lowest BCUT2D eigenvalue weighted by atomic mass is 9.82. The van der Waals surface area contributed by atoms with Crippen molar-refractivity contribution in [1.82, 2.24) is 40.4 Å². The zero-order valence-corrected chi connectivity index (χ0v) is 35.4. The molecule has 0 bridgehead atoms. The molecule has 14 heteroatoms. The number of benzene rings is 3. The number of likely N-dealkylation sites (tertiary alicyclic amines) is 2. The molecule has 1 aliphatic carbocycles. The van der Waals surface area contributed by atoms with Crippen LogP contribution in [0.5, 0.6) is 0 Å². The molecule has 0 spiro atoms. The summed E-state index contributed by atoms with van der Waals surface area (Å²) in [6, 6.07) is 13.4. The molecule has 0 radical (unpaired) electrons. The lowest BCUT2D eigenvalue weighted by Crippen LogP contribution is -2.51. The van der Waals surface area contributed by atoms with Crippen molar-refractivity contribution in [3.63, 3.8) is 0 Å². The topological polar surface area (TPSA) is 175 Å². The second-order valence-electron chi connectivity index (χ2n) is 17.1. The van der Waals surface area contributed by atoms with Gasteiger partial charge in [0.25, 0.3) is 0 Å². The lowest BCUT2D eigenvalue weighted by Gasteiger charge is -2.30. The first kappa shape index (κ1) is 40.8. The van der Waals surface area contributed by atoms with E-state index >= 15 is 0 Å². The standard InChI is InChI=1S/C46H56N8O6/c1-25(2)38(51-45(57)59-5)43(55)53-21-9-13-36(53)41-47-24-35(49-41)33-19-18-29(31-11-7-8-12-32(31)33)27-15-17-30-28(23-27)16-20-34-40(30)50-42(48-34)37-14-10-22-54(37)44(56)39(26(3)4)52-46(58)60-6/h15-20,23-26,36-39H,7-14,21-22H2,1-6H3,(H,47,49)(H,48,50)(H,51,57)(H,52,58)/t36-,37-,38-,39-/m0/s1. The van der Waals surface area contributed by atoms with Gasteiger partial charge < -0.3 is 39.9 Å². The summed E-state index contributed by atoms with van der Waals surface area (Å²) in [5, 5.41) is 7.59. The first-order chi connectivity index (χ1) is 29.0. The fraction of sp³-hybridized carbons (Fsp3) is 0.478. The number of rotatable bonds is 10. The summed E-state index contributed by atoms with van der Waals surface area (Å²) in [4.78, 5) is 72.5. The van der Waals surface area contributed by atoms with Crippen LogP contribution in [-0.2, 0) is 31.9 Å². The maximum absolute atomic E-state index is 13.8. The molecular formula is C46H56N8O6. The second-order valence-corrected chi connectivity index (χ2v) is 17.1. The van der Waals surface area contributed by atoms with E-state index in [1.807, 2.05) is 43.7 Å². The van der Waals surface area contributed by atoms with Crippen molar-refractivity contribution in [2.75, 3.05) is 27.3 Å². The normalized spacial score (nSPS) is 18.9. The Labute approximate surface area is 350 Å². The van der Waals surface area contributed by atoms with Crippen molar-refractivity contribution in [1.29, 1.82) is 0 Å². The SMILES string of the molecule is COC(=O)N[C@H](C(=O)N1CCC[C@H]1c1ncc(-c2ccc(-c3ccc4c(ccc5[nH]c([C@@H]6CCCN6C(=O)[C@@H](NC(=O)OC)C(C)C)nc54)c3)c3c2CCCC3)[nH]1)C(C)C. The van der Waals surface area contributed by atoms with Crippen LogP contribution in [0.1, 0.15) is 101 Å². The van der Waals surface area contributed by atoms with E-state index in [4.69, 9.17) is 19.4 Å². The minimum atomic E-state index is -0.694.